The highest BCUT2D eigenvalue weighted by Crippen LogP contribution is 2.22. The summed E-state index contributed by atoms with van der Waals surface area (Å²) in [5.74, 6) is -0.506. The molecule has 96 valence electrons. The minimum atomic E-state index is -1.04. The molecule has 1 unspecified atom stereocenters. The summed E-state index contributed by atoms with van der Waals surface area (Å²) in [5, 5.41) is 11.7. The van der Waals surface area contributed by atoms with Crippen LogP contribution in [-0.4, -0.2) is 36.9 Å². The number of amides is 2. The van der Waals surface area contributed by atoms with Gasteiger partial charge in [-0.1, -0.05) is 13.8 Å². The summed E-state index contributed by atoms with van der Waals surface area (Å²) >= 11 is 0. The van der Waals surface area contributed by atoms with Crippen molar-refractivity contribution in [3.8, 4) is 6.07 Å². The first-order chi connectivity index (χ1) is 7.91. The van der Waals surface area contributed by atoms with Gasteiger partial charge in [0.2, 0.25) is 11.8 Å². The van der Waals surface area contributed by atoms with Gasteiger partial charge in [0.15, 0.2) is 0 Å². The van der Waals surface area contributed by atoms with Crippen molar-refractivity contribution >= 4 is 11.8 Å². The first-order valence-electron chi connectivity index (χ1n) is 5.84. The lowest BCUT2D eigenvalue weighted by molar-refractivity contribution is -0.140. The molecule has 0 aromatic rings. The molecule has 0 saturated carbocycles. The van der Waals surface area contributed by atoms with Gasteiger partial charge in [0.1, 0.15) is 5.41 Å². The summed E-state index contributed by atoms with van der Waals surface area (Å²) < 4.78 is 0. The molecule has 1 N–H and O–H groups in total. The predicted octanol–water partition coefficient (Wildman–Crippen LogP) is 0.911. The number of carbonyl (C=O) groups excluding carboxylic acids is 2. The second kappa shape index (κ2) is 6.89. The number of likely N-dealkylation sites (N-methyl/N-ethyl adjacent to an activating group) is 1. The van der Waals surface area contributed by atoms with Crippen LogP contribution in [0.5, 0.6) is 0 Å². The van der Waals surface area contributed by atoms with Gasteiger partial charge in [-0.05, 0) is 19.8 Å². The molecule has 0 bridgehead atoms. The Balaban J connectivity index is 4.42. The van der Waals surface area contributed by atoms with Crippen molar-refractivity contribution in [3.05, 3.63) is 0 Å². The maximum atomic E-state index is 12.0. The van der Waals surface area contributed by atoms with Crippen molar-refractivity contribution in [1.82, 2.24) is 10.2 Å². The minimum absolute atomic E-state index is 0.00387. The Labute approximate surface area is 103 Å². The van der Waals surface area contributed by atoms with Gasteiger partial charge in [-0.25, -0.2) is 0 Å². The van der Waals surface area contributed by atoms with Gasteiger partial charge in [-0.3, -0.25) is 9.59 Å². The van der Waals surface area contributed by atoms with Crippen LogP contribution in [0.2, 0.25) is 0 Å². The summed E-state index contributed by atoms with van der Waals surface area (Å²) in [5.41, 5.74) is -1.04. The fourth-order valence-electron chi connectivity index (χ4n) is 1.31. The van der Waals surface area contributed by atoms with Gasteiger partial charge in [-0.2, -0.15) is 5.26 Å². The molecule has 0 saturated heterocycles. The monoisotopic (exact) mass is 239 g/mol. The van der Waals surface area contributed by atoms with Crippen LogP contribution >= 0.6 is 0 Å². The summed E-state index contributed by atoms with van der Waals surface area (Å²) in [6, 6.07) is 2.00. The molecular formula is C12H21N3O2. The van der Waals surface area contributed by atoms with E-state index in [4.69, 9.17) is 5.26 Å². The maximum Gasteiger partial charge on any atom is 0.242 e. The Bertz CT molecular complexity index is 322. The molecule has 0 spiro atoms. The average molecular weight is 239 g/mol. The van der Waals surface area contributed by atoms with E-state index in [9.17, 15) is 9.59 Å². The molecule has 0 aliphatic carbocycles. The Kier molecular flexibility index (Phi) is 6.26. The predicted molar refractivity (Wildman–Crippen MR) is 64.9 cm³/mol. The first kappa shape index (κ1) is 15.4. The molecule has 0 aromatic heterocycles. The van der Waals surface area contributed by atoms with Crippen LogP contribution in [0.15, 0.2) is 0 Å². The van der Waals surface area contributed by atoms with Crippen molar-refractivity contribution < 1.29 is 9.59 Å². The summed E-state index contributed by atoms with van der Waals surface area (Å²) in [6.07, 6.45) is 1.29. The van der Waals surface area contributed by atoms with Crippen LogP contribution < -0.4 is 5.32 Å². The van der Waals surface area contributed by atoms with E-state index in [0.717, 1.165) is 6.42 Å². The molecular weight excluding hydrogens is 218 g/mol. The number of nitrogens with one attached hydrogen (secondary N) is 1. The summed E-state index contributed by atoms with van der Waals surface area (Å²) in [7, 11) is 1.54. The van der Waals surface area contributed by atoms with E-state index in [1.807, 2.05) is 13.0 Å². The van der Waals surface area contributed by atoms with Crippen LogP contribution in [0.4, 0.5) is 0 Å². The van der Waals surface area contributed by atoms with Crippen LogP contribution in [0.1, 0.15) is 33.6 Å². The van der Waals surface area contributed by atoms with Crippen LogP contribution in [0.3, 0.4) is 0 Å². The Morgan fingerprint density at radius 1 is 1.41 bits per heavy atom. The van der Waals surface area contributed by atoms with Gasteiger partial charge >= 0.3 is 0 Å². The maximum absolute atomic E-state index is 12.0. The number of hydrogen-bond acceptors (Lipinski definition) is 3. The normalized spacial score (nSPS) is 13.4. The van der Waals surface area contributed by atoms with Gasteiger partial charge < -0.3 is 10.2 Å². The zero-order valence-electron chi connectivity index (χ0n) is 11.0. The van der Waals surface area contributed by atoms with E-state index in [1.54, 1.807) is 20.9 Å². The van der Waals surface area contributed by atoms with Crippen LogP contribution in [0, 0.1) is 16.7 Å². The highest BCUT2D eigenvalue weighted by molar-refractivity contribution is 5.89. The highest BCUT2D eigenvalue weighted by atomic mass is 16.2. The standard InChI is InChI=1S/C12H21N3O2/c1-5-7-14-10(16)8-15(4)11(17)12(3,6-2)9-13/h5-8H2,1-4H3,(H,14,16). The second-order valence-corrected chi connectivity index (χ2v) is 4.31. The smallest absolute Gasteiger partial charge is 0.242 e. The third-order valence-electron chi connectivity index (χ3n) is 2.73. The summed E-state index contributed by atoms with van der Waals surface area (Å²) in [4.78, 5) is 24.7. The SMILES string of the molecule is CCCNC(=O)CN(C)C(=O)C(C)(C#N)CC. The van der Waals surface area contributed by atoms with Crippen molar-refractivity contribution in [3.63, 3.8) is 0 Å². The fraction of sp³-hybridized carbons (Fsp3) is 0.750. The van der Waals surface area contributed by atoms with Crippen LogP contribution in [-0.2, 0) is 9.59 Å². The van der Waals surface area contributed by atoms with E-state index >= 15 is 0 Å². The average Bonchev–Trinajstić information content (AvgIpc) is 2.34. The third kappa shape index (κ3) is 4.43. The molecule has 0 radical (unpaired) electrons. The zero-order chi connectivity index (χ0) is 13.5. The summed E-state index contributed by atoms with van der Waals surface area (Å²) in [6.45, 7) is 5.93. The van der Waals surface area contributed by atoms with Crippen molar-refractivity contribution in [2.24, 2.45) is 5.41 Å². The van der Waals surface area contributed by atoms with E-state index in [2.05, 4.69) is 5.32 Å². The molecule has 5 heteroatoms. The molecule has 17 heavy (non-hydrogen) atoms. The molecule has 2 amide bonds. The molecule has 0 aliphatic heterocycles. The van der Waals surface area contributed by atoms with Crippen molar-refractivity contribution in [1.29, 1.82) is 5.26 Å². The van der Waals surface area contributed by atoms with Crippen molar-refractivity contribution in [2.75, 3.05) is 20.1 Å². The number of hydrogen-bond donors (Lipinski definition) is 1. The quantitative estimate of drug-likeness (QED) is 0.748. The lowest BCUT2D eigenvalue weighted by atomic mass is 9.88. The van der Waals surface area contributed by atoms with Gasteiger partial charge in [-0.15, -0.1) is 0 Å². The van der Waals surface area contributed by atoms with E-state index < -0.39 is 5.41 Å². The number of nitrogens with zero attached hydrogens (tertiary/aromatic N) is 2. The second-order valence-electron chi connectivity index (χ2n) is 4.31. The lowest BCUT2D eigenvalue weighted by Gasteiger charge is -2.25. The topological polar surface area (TPSA) is 73.2 Å². The van der Waals surface area contributed by atoms with Crippen molar-refractivity contribution in [2.45, 2.75) is 33.6 Å². The largest absolute Gasteiger partial charge is 0.355 e. The van der Waals surface area contributed by atoms with Crippen LogP contribution in [0.25, 0.3) is 0 Å². The number of rotatable bonds is 6. The Hall–Kier alpha value is -1.57. The van der Waals surface area contributed by atoms with Gasteiger partial charge in [0.25, 0.3) is 0 Å². The molecule has 0 aromatic carbocycles. The molecule has 0 aliphatic rings. The fourth-order valence-corrected chi connectivity index (χ4v) is 1.31. The molecule has 0 fully saturated rings. The lowest BCUT2D eigenvalue weighted by Crippen LogP contribution is -2.44. The third-order valence-corrected chi connectivity index (χ3v) is 2.73. The Morgan fingerprint density at radius 2 is 2.00 bits per heavy atom. The minimum Gasteiger partial charge on any atom is -0.355 e. The number of carbonyl (C=O) groups is 2. The molecule has 1 atom stereocenters. The Morgan fingerprint density at radius 3 is 2.41 bits per heavy atom. The van der Waals surface area contributed by atoms with Gasteiger partial charge in [0, 0.05) is 13.6 Å². The zero-order valence-corrected chi connectivity index (χ0v) is 11.0. The molecule has 0 rings (SSSR count). The van der Waals surface area contributed by atoms with Gasteiger partial charge in [0.05, 0.1) is 12.6 Å². The molecule has 5 nitrogen and oxygen atoms in total. The van der Waals surface area contributed by atoms with E-state index in [0.29, 0.717) is 13.0 Å². The van der Waals surface area contributed by atoms with E-state index in [1.165, 1.54) is 4.90 Å². The first-order valence-corrected chi connectivity index (χ1v) is 5.84. The molecule has 0 heterocycles. The highest BCUT2D eigenvalue weighted by Gasteiger charge is 2.34. The number of nitriles is 1. The van der Waals surface area contributed by atoms with E-state index in [-0.39, 0.29) is 18.4 Å².